The molecule has 0 radical (unpaired) electrons. The van der Waals surface area contributed by atoms with Gasteiger partial charge in [-0.25, -0.2) is 0 Å². The molecule has 3 heteroatoms. The van der Waals surface area contributed by atoms with Gasteiger partial charge in [0.25, 0.3) is 0 Å². The van der Waals surface area contributed by atoms with Crippen LogP contribution in [0.5, 0.6) is 0 Å². The van der Waals surface area contributed by atoms with Crippen LogP contribution in [0.4, 0.5) is 0 Å². The number of nitrogens with one attached hydrogen (secondary N) is 1. The van der Waals surface area contributed by atoms with Gasteiger partial charge in [0.2, 0.25) is 0 Å². The Morgan fingerprint density at radius 1 is 1.31 bits per heavy atom. The molecule has 0 saturated carbocycles. The van der Waals surface area contributed by atoms with Gasteiger partial charge in [-0.15, -0.1) is 11.3 Å². The van der Waals surface area contributed by atoms with Crippen LogP contribution in [0, 0.1) is 6.92 Å². The van der Waals surface area contributed by atoms with Gasteiger partial charge in [0.1, 0.15) is 0 Å². The molecule has 0 spiro atoms. The summed E-state index contributed by atoms with van der Waals surface area (Å²) in [6, 6.07) is 10.6. The molecule has 1 aromatic heterocycles. The zero-order valence-electron chi connectivity index (χ0n) is 9.33. The summed E-state index contributed by atoms with van der Waals surface area (Å²) in [5.74, 6) is 0. The molecule has 0 aliphatic carbocycles. The molecule has 16 heavy (non-hydrogen) atoms. The monoisotopic (exact) mass is 251 g/mol. The predicted octanol–water partition coefficient (Wildman–Crippen LogP) is 4.02. The Hall–Kier alpha value is -0.830. The largest absolute Gasteiger partial charge is 0.309 e. The highest BCUT2D eigenvalue weighted by Crippen LogP contribution is 2.28. The van der Waals surface area contributed by atoms with Gasteiger partial charge in [-0.05, 0) is 48.7 Å². The van der Waals surface area contributed by atoms with E-state index in [1.54, 1.807) is 11.3 Å². The van der Waals surface area contributed by atoms with E-state index in [4.69, 9.17) is 11.6 Å². The normalized spacial score (nSPS) is 12.7. The Morgan fingerprint density at radius 2 is 2.12 bits per heavy atom. The van der Waals surface area contributed by atoms with E-state index < -0.39 is 0 Å². The van der Waals surface area contributed by atoms with Crippen molar-refractivity contribution in [3.63, 3.8) is 0 Å². The number of hydrogen-bond acceptors (Lipinski definition) is 2. The molecule has 84 valence electrons. The lowest BCUT2D eigenvalue weighted by Crippen LogP contribution is -2.16. The van der Waals surface area contributed by atoms with E-state index in [9.17, 15) is 0 Å². The summed E-state index contributed by atoms with van der Waals surface area (Å²) in [7, 11) is 1.97. The second-order valence-corrected chi connectivity index (χ2v) is 5.21. The van der Waals surface area contributed by atoms with Crippen LogP contribution in [0.1, 0.15) is 22.0 Å². The molecule has 1 nitrogen and oxygen atoms in total. The van der Waals surface area contributed by atoms with Gasteiger partial charge in [0.05, 0.1) is 6.04 Å². The minimum atomic E-state index is 0.234. The van der Waals surface area contributed by atoms with Crippen LogP contribution >= 0.6 is 22.9 Å². The Balaban J connectivity index is 2.41. The van der Waals surface area contributed by atoms with E-state index in [1.807, 2.05) is 19.2 Å². The lowest BCUT2D eigenvalue weighted by atomic mass is 10.0. The third-order valence-electron chi connectivity index (χ3n) is 2.51. The van der Waals surface area contributed by atoms with Crippen LogP contribution in [-0.4, -0.2) is 7.05 Å². The molecule has 0 saturated heterocycles. The van der Waals surface area contributed by atoms with Crippen molar-refractivity contribution < 1.29 is 0 Å². The summed E-state index contributed by atoms with van der Waals surface area (Å²) in [4.78, 5) is 1.31. The maximum Gasteiger partial charge on any atom is 0.0669 e. The van der Waals surface area contributed by atoms with E-state index in [-0.39, 0.29) is 6.04 Å². The maximum absolute atomic E-state index is 6.09. The highest BCUT2D eigenvalue weighted by atomic mass is 35.5. The lowest BCUT2D eigenvalue weighted by Gasteiger charge is -2.16. The van der Waals surface area contributed by atoms with Gasteiger partial charge in [-0.2, -0.15) is 0 Å². The Kier molecular flexibility index (Phi) is 3.64. The first-order valence-corrected chi connectivity index (χ1v) is 6.44. The molecule has 2 rings (SSSR count). The van der Waals surface area contributed by atoms with Crippen LogP contribution < -0.4 is 5.32 Å². The van der Waals surface area contributed by atoms with Crippen LogP contribution in [0.2, 0.25) is 5.02 Å². The van der Waals surface area contributed by atoms with Crippen molar-refractivity contribution in [3.05, 3.63) is 56.7 Å². The lowest BCUT2D eigenvalue weighted by molar-refractivity contribution is 0.703. The van der Waals surface area contributed by atoms with Gasteiger partial charge < -0.3 is 5.32 Å². The second kappa shape index (κ2) is 5.00. The van der Waals surface area contributed by atoms with Crippen molar-refractivity contribution in [2.75, 3.05) is 7.05 Å². The zero-order chi connectivity index (χ0) is 11.5. The molecule has 1 unspecified atom stereocenters. The van der Waals surface area contributed by atoms with Crippen molar-refractivity contribution in [1.82, 2.24) is 5.32 Å². The van der Waals surface area contributed by atoms with Crippen molar-refractivity contribution in [2.24, 2.45) is 0 Å². The third kappa shape index (κ3) is 2.46. The van der Waals surface area contributed by atoms with Crippen LogP contribution in [-0.2, 0) is 0 Å². The van der Waals surface area contributed by atoms with E-state index in [0.29, 0.717) is 0 Å². The number of rotatable bonds is 3. The van der Waals surface area contributed by atoms with Crippen molar-refractivity contribution in [1.29, 1.82) is 0 Å². The first kappa shape index (κ1) is 11.6. The summed E-state index contributed by atoms with van der Waals surface area (Å²) in [5.41, 5.74) is 2.41. The van der Waals surface area contributed by atoms with E-state index >= 15 is 0 Å². The van der Waals surface area contributed by atoms with Crippen molar-refractivity contribution in [2.45, 2.75) is 13.0 Å². The van der Waals surface area contributed by atoms with E-state index in [2.05, 4.69) is 35.8 Å². The quantitative estimate of drug-likeness (QED) is 0.869. The highest BCUT2D eigenvalue weighted by molar-refractivity contribution is 7.10. The van der Waals surface area contributed by atoms with Crippen molar-refractivity contribution >= 4 is 22.9 Å². The summed E-state index contributed by atoms with van der Waals surface area (Å²) >= 11 is 7.84. The minimum Gasteiger partial charge on any atom is -0.309 e. The predicted molar refractivity (Wildman–Crippen MR) is 71.4 cm³/mol. The Bertz CT molecular complexity index is 445. The van der Waals surface area contributed by atoms with Gasteiger partial charge in [0.15, 0.2) is 0 Å². The molecule has 0 bridgehead atoms. The summed E-state index contributed by atoms with van der Waals surface area (Å²) in [6.07, 6.45) is 0. The average Bonchev–Trinajstić information content (AvgIpc) is 2.70. The molecular weight excluding hydrogens is 238 g/mol. The first-order valence-electron chi connectivity index (χ1n) is 5.18. The number of hydrogen-bond donors (Lipinski definition) is 1. The standard InChI is InChI=1S/C13H14ClNS/c1-9-6-10(8-11(14)7-9)13(15-2)12-4-3-5-16-12/h3-8,13,15H,1-2H3. The number of benzene rings is 1. The van der Waals surface area contributed by atoms with Crippen LogP contribution in [0.15, 0.2) is 35.7 Å². The van der Waals surface area contributed by atoms with Gasteiger partial charge in [-0.1, -0.05) is 23.7 Å². The summed E-state index contributed by atoms with van der Waals surface area (Å²) in [5, 5.41) is 6.22. The molecule has 0 aliphatic heterocycles. The third-order valence-corrected chi connectivity index (χ3v) is 3.67. The fourth-order valence-electron chi connectivity index (χ4n) is 1.86. The van der Waals surface area contributed by atoms with Crippen LogP contribution in [0.3, 0.4) is 0 Å². The molecule has 0 fully saturated rings. The fraction of sp³-hybridized carbons (Fsp3) is 0.231. The number of aryl methyl sites for hydroxylation is 1. The molecular formula is C13H14ClNS. The minimum absolute atomic E-state index is 0.234. The molecule has 1 atom stereocenters. The smallest absolute Gasteiger partial charge is 0.0669 e. The van der Waals surface area contributed by atoms with Gasteiger partial charge in [0, 0.05) is 9.90 Å². The topological polar surface area (TPSA) is 12.0 Å². The van der Waals surface area contributed by atoms with Gasteiger partial charge >= 0.3 is 0 Å². The van der Waals surface area contributed by atoms with Crippen LogP contribution in [0.25, 0.3) is 0 Å². The summed E-state index contributed by atoms with van der Waals surface area (Å²) in [6.45, 7) is 2.07. The van der Waals surface area contributed by atoms with Gasteiger partial charge in [-0.3, -0.25) is 0 Å². The fourth-order valence-corrected chi connectivity index (χ4v) is 3.02. The SMILES string of the molecule is CNC(c1cc(C)cc(Cl)c1)c1cccs1. The molecule has 0 amide bonds. The molecule has 1 N–H and O–H groups in total. The van der Waals surface area contributed by atoms with E-state index in [0.717, 1.165) is 5.02 Å². The second-order valence-electron chi connectivity index (χ2n) is 3.80. The summed E-state index contributed by atoms with van der Waals surface area (Å²) < 4.78 is 0. The van der Waals surface area contributed by atoms with E-state index in [1.165, 1.54) is 16.0 Å². The molecule has 1 aromatic carbocycles. The molecule has 0 aliphatic rings. The first-order chi connectivity index (χ1) is 7.70. The average molecular weight is 252 g/mol. The number of halogens is 1. The molecule has 1 heterocycles. The number of thiophene rings is 1. The Labute approximate surface area is 105 Å². The maximum atomic E-state index is 6.09. The Morgan fingerprint density at radius 3 is 2.69 bits per heavy atom. The molecule has 2 aromatic rings. The highest BCUT2D eigenvalue weighted by Gasteiger charge is 2.13. The zero-order valence-corrected chi connectivity index (χ0v) is 10.9. The van der Waals surface area contributed by atoms with Crippen molar-refractivity contribution in [3.8, 4) is 0 Å².